The number of benzene rings is 1. The molecule has 0 aliphatic carbocycles. The molecule has 20 heavy (non-hydrogen) atoms. The van der Waals surface area contributed by atoms with Crippen molar-refractivity contribution in [2.24, 2.45) is 0 Å². The lowest BCUT2D eigenvalue weighted by atomic mass is 9.79. The lowest BCUT2D eigenvalue weighted by Crippen LogP contribution is -2.32. The van der Waals surface area contributed by atoms with Crippen molar-refractivity contribution in [2.45, 2.75) is 6.42 Å². The molecule has 0 atom stereocenters. The Balaban J connectivity index is 2.39. The van der Waals surface area contributed by atoms with Crippen molar-refractivity contribution in [3.63, 3.8) is 0 Å². The van der Waals surface area contributed by atoms with E-state index in [4.69, 9.17) is 18.9 Å². The van der Waals surface area contributed by atoms with Crippen LogP contribution in [-0.4, -0.2) is 57.8 Å². The zero-order valence-electron chi connectivity index (χ0n) is 11.9. The molecule has 0 aromatic heterocycles. The number of rotatable bonds is 10. The molecule has 1 aromatic rings. The second-order valence-electron chi connectivity index (χ2n) is 4.08. The standard InChI is InChI=1S/C13H21BO6/c1-17-6-3-7-19-8-9-20-13-5-4-11(18-2)10-12(13)14(15)16/h4-5,10,15-16H,3,6-9H2,1-2H3. The molecule has 0 aliphatic rings. The highest BCUT2D eigenvalue weighted by atomic mass is 16.5. The van der Waals surface area contributed by atoms with Crippen molar-refractivity contribution in [1.29, 1.82) is 0 Å². The van der Waals surface area contributed by atoms with E-state index in [1.807, 2.05) is 0 Å². The van der Waals surface area contributed by atoms with Crippen molar-refractivity contribution in [2.75, 3.05) is 40.6 Å². The summed E-state index contributed by atoms with van der Waals surface area (Å²) < 4.78 is 20.7. The maximum Gasteiger partial charge on any atom is 0.492 e. The first kappa shape index (κ1) is 16.8. The minimum absolute atomic E-state index is 0.267. The van der Waals surface area contributed by atoms with Gasteiger partial charge in [0.05, 0.1) is 13.7 Å². The first-order valence-corrected chi connectivity index (χ1v) is 6.42. The van der Waals surface area contributed by atoms with Gasteiger partial charge >= 0.3 is 7.12 Å². The van der Waals surface area contributed by atoms with Crippen LogP contribution in [0.5, 0.6) is 11.5 Å². The Morgan fingerprint density at radius 3 is 2.50 bits per heavy atom. The molecule has 112 valence electrons. The average molecular weight is 284 g/mol. The highest BCUT2D eigenvalue weighted by Gasteiger charge is 2.18. The monoisotopic (exact) mass is 284 g/mol. The van der Waals surface area contributed by atoms with Crippen LogP contribution in [0.1, 0.15) is 6.42 Å². The molecule has 0 heterocycles. The summed E-state index contributed by atoms with van der Waals surface area (Å²) in [5, 5.41) is 18.6. The van der Waals surface area contributed by atoms with E-state index < -0.39 is 7.12 Å². The van der Waals surface area contributed by atoms with Crippen LogP contribution in [0.3, 0.4) is 0 Å². The molecule has 7 heteroatoms. The lowest BCUT2D eigenvalue weighted by Gasteiger charge is -2.12. The van der Waals surface area contributed by atoms with Gasteiger partial charge in [0.1, 0.15) is 18.1 Å². The maximum atomic E-state index is 9.30. The third-order valence-corrected chi connectivity index (χ3v) is 2.62. The summed E-state index contributed by atoms with van der Waals surface area (Å²) in [4.78, 5) is 0. The molecule has 0 aliphatic heterocycles. The van der Waals surface area contributed by atoms with Gasteiger partial charge in [-0.05, 0) is 24.6 Å². The van der Waals surface area contributed by atoms with Crippen molar-refractivity contribution in [3.8, 4) is 11.5 Å². The van der Waals surface area contributed by atoms with E-state index in [0.717, 1.165) is 6.42 Å². The van der Waals surface area contributed by atoms with E-state index in [9.17, 15) is 10.0 Å². The molecule has 0 amide bonds. The van der Waals surface area contributed by atoms with Gasteiger partial charge in [-0.15, -0.1) is 0 Å². The Hall–Kier alpha value is -1.28. The minimum Gasteiger partial charge on any atom is -0.497 e. The minimum atomic E-state index is -1.61. The zero-order valence-corrected chi connectivity index (χ0v) is 11.9. The van der Waals surface area contributed by atoms with Crippen LogP contribution in [0, 0.1) is 0 Å². The summed E-state index contributed by atoms with van der Waals surface area (Å²) in [7, 11) is 1.55. The Labute approximate surface area is 119 Å². The van der Waals surface area contributed by atoms with Gasteiger partial charge in [-0.3, -0.25) is 0 Å². The van der Waals surface area contributed by atoms with E-state index in [-0.39, 0.29) is 5.46 Å². The highest BCUT2D eigenvalue weighted by Crippen LogP contribution is 2.15. The SMILES string of the molecule is COCCCOCCOc1ccc(OC)cc1B(O)O. The predicted molar refractivity (Wildman–Crippen MR) is 75.6 cm³/mol. The number of methoxy groups -OCH3 is 2. The van der Waals surface area contributed by atoms with Gasteiger partial charge in [0.2, 0.25) is 0 Å². The van der Waals surface area contributed by atoms with Crippen LogP contribution in [0.4, 0.5) is 0 Å². The lowest BCUT2D eigenvalue weighted by molar-refractivity contribution is 0.0808. The fourth-order valence-corrected chi connectivity index (χ4v) is 1.60. The van der Waals surface area contributed by atoms with Crippen molar-refractivity contribution < 1.29 is 29.0 Å². The van der Waals surface area contributed by atoms with Gasteiger partial charge in [-0.2, -0.15) is 0 Å². The molecule has 6 nitrogen and oxygen atoms in total. The largest absolute Gasteiger partial charge is 0.497 e. The van der Waals surface area contributed by atoms with Crippen molar-refractivity contribution >= 4 is 12.6 Å². The van der Waals surface area contributed by atoms with E-state index >= 15 is 0 Å². The van der Waals surface area contributed by atoms with Crippen LogP contribution >= 0.6 is 0 Å². The molecule has 0 fully saturated rings. The average Bonchev–Trinajstić information content (AvgIpc) is 2.46. The van der Waals surface area contributed by atoms with Crippen molar-refractivity contribution in [1.82, 2.24) is 0 Å². The highest BCUT2D eigenvalue weighted by molar-refractivity contribution is 6.59. The molecule has 0 saturated heterocycles. The summed E-state index contributed by atoms with van der Waals surface area (Å²) in [5.74, 6) is 0.942. The summed E-state index contributed by atoms with van der Waals surface area (Å²) in [6.07, 6.45) is 0.833. The molecular weight excluding hydrogens is 263 g/mol. The first-order valence-electron chi connectivity index (χ1n) is 6.42. The smallest absolute Gasteiger partial charge is 0.492 e. The van der Waals surface area contributed by atoms with Gasteiger partial charge in [-0.25, -0.2) is 0 Å². The zero-order chi connectivity index (χ0) is 14.8. The predicted octanol–water partition coefficient (Wildman–Crippen LogP) is -0.193. The normalized spacial score (nSPS) is 10.4. The topological polar surface area (TPSA) is 77.4 Å². The summed E-state index contributed by atoms with van der Waals surface area (Å²) in [6.45, 7) is 2.03. The molecular formula is C13H21BO6. The van der Waals surface area contributed by atoms with Crippen molar-refractivity contribution in [3.05, 3.63) is 18.2 Å². The van der Waals surface area contributed by atoms with Crippen LogP contribution in [-0.2, 0) is 9.47 Å². The van der Waals surface area contributed by atoms with Crippen LogP contribution in [0.2, 0.25) is 0 Å². The third kappa shape index (κ3) is 5.79. The summed E-state index contributed by atoms with van der Waals surface area (Å²) >= 11 is 0. The third-order valence-electron chi connectivity index (χ3n) is 2.62. The quantitative estimate of drug-likeness (QED) is 0.458. The molecule has 2 N–H and O–H groups in total. The summed E-state index contributed by atoms with van der Waals surface area (Å²) in [5.41, 5.74) is 0.267. The summed E-state index contributed by atoms with van der Waals surface area (Å²) in [6, 6.07) is 4.86. The Kier molecular flexibility index (Phi) is 8.05. The van der Waals surface area contributed by atoms with E-state index in [1.54, 1.807) is 19.2 Å². The van der Waals surface area contributed by atoms with Crippen LogP contribution in [0.25, 0.3) is 0 Å². The molecule has 0 unspecified atom stereocenters. The van der Waals surface area contributed by atoms with Gasteiger partial charge in [-0.1, -0.05) is 0 Å². The molecule has 1 aromatic carbocycles. The van der Waals surface area contributed by atoms with E-state index in [2.05, 4.69) is 0 Å². The first-order chi connectivity index (χ1) is 9.69. The molecule has 0 spiro atoms. The molecule has 1 rings (SSSR count). The second-order valence-corrected chi connectivity index (χ2v) is 4.08. The number of hydrogen-bond acceptors (Lipinski definition) is 6. The Morgan fingerprint density at radius 1 is 1.05 bits per heavy atom. The fraction of sp³-hybridized carbons (Fsp3) is 0.538. The van der Waals surface area contributed by atoms with E-state index in [0.29, 0.717) is 37.9 Å². The molecule has 0 bridgehead atoms. The van der Waals surface area contributed by atoms with Gasteiger partial charge in [0, 0.05) is 25.8 Å². The Morgan fingerprint density at radius 2 is 1.85 bits per heavy atom. The van der Waals surface area contributed by atoms with Crippen LogP contribution < -0.4 is 14.9 Å². The maximum absolute atomic E-state index is 9.30. The number of ether oxygens (including phenoxy) is 4. The fourth-order valence-electron chi connectivity index (χ4n) is 1.60. The van der Waals surface area contributed by atoms with Crippen LogP contribution in [0.15, 0.2) is 18.2 Å². The van der Waals surface area contributed by atoms with Gasteiger partial charge in [0.15, 0.2) is 0 Å². The second kappa shape index (κ2) is 9.60. The molecule has 0 radical (unpaired) electrons. The molecule has 0 saturated carbocycles. The number of hydrogen-bond donors (Lipinski definition) is 2. The van der Waals surface area contributed by atoms with Gasteiger partial charge in [0.25, 0.3) is 0 Å². The van der Waals surface area contributed by atoms with Gasteiger partial charge < -0.3 is 29.0 Å². The van der Waals surface area contributed by atoms with E-state index in [1.165, 1.54) is 13.2 Å². The Bertz CT molecular complexity index is 385.